The number of carbonyl (C=O) groups is 2. The molecule has 1 N–H and O–H groups in total. The Balaban J connectivity index is 2.00. The van der Waals surface area contributed by atoms with Crippen LogP contribution in [0, 0.1) is 5.92 Å². The van der Waals surface area contributed by atoms with Gasteiger partial charge in [-0.1, -0.05) is 0 Å². The van der Waals surface area contributed by atoms with Crippen molar-refractivity contribution >= 4 is 23.3 Å². The van der Waals surface area contributed by atoms with Crippen LogP contribution < -0.4 is 0 Å². The summed E-state index contributed by atoms with van der Waals surface area (Å²) in [7, 11) is 1.35. The van der Waals surface area contributed by atoms with E-state index in [4.69, 9.17) is 9.47 Å². The Kier molecular flexibility index (Phi) is 4.68. The molecule has 0 radical (unpaired) electrons. The van der Waals surface area contributed by atoms with E-state index in [-0.39, 0.29) is 18.4 Å². The summed E-state index contributed by atoms with van der Waals surface area (Å²) in [6, 6.07) is 1.67. The molecule has 2 aliphatic heterocycles. The number of ether oxygens (including phenoxy) is 2. The van der Waals surface area contributed by atoms with Gasteiger partial charge in [-0.3, -0.25) is 14.5 Å². The van der Waals surface area contributed by atoms with Crippen LogP contribution in [-0.2, 0) is 19.1 Å². The van der Waals surface area contributed by atoms with Crippen molar-refractivity contribution in [2.45, 2.75) is 56.9 Å². The molecule has 7 heteroatoms. The highest BCUT2D eigenvalue weighted by atomic mass is 32.1. The van der Waals surface area contributed by atoms with E-state index in [0.29, 0.717) is 13.0 Å². The third kappa shape index (κ3) is 3.20. The summed E-state index contributed by atoms with van der Waals surface area (Å²) in [4.78, 5) is 27.4. The van der Waals surface area contributed by atoms with Crippen LogP contribution in [0.1, 0.15) is 45.2 Å². The van der Waals surface area contributed by atoms with Crippen LogP contribution in [0.4, 0.5) is 0 Å². The number of aliphatic hydroxyl groups excluding tert-OH is 1. The third-order valence-electron chi connectivity index (χ3n) is 4.96. The van der Waals surface area contributed by atoms with Crippen molar-refractivity contribution < 1.29 is 24.2 Å². The summed E-state index contributed by atoms with van der Waals surface area (Å²) in [6.45, 7) is 5.84. The predicted molar refractivity (Wildman–Crippen MR) is 93.1 cm³/mol. The lowest BCUT2D eigenvalue weighted by atomic mass is 9.87. The van der Waals surface area contributed by atoms with Gasteiger partial charge in [0.2, 0.25) is 0 Å². The number of rotatable bonds is 3. The number of hydrogen-bond acceptors (Lipinski definition) is 7. The quantitative estimate of drug-likeness (QED) is 0.825. The molecule has 138 valence electrons. The van der Waals surface area contributed by atoms with Crippen molar-refractivity contribution in [1.82, 2.24) is 4.90 Å². The van der Waals surface area contributed by atoms with Crippen molar-refractivity contribution in [2.75, 3.05) is 13.7 Å². The summed E-state index contributed by atoms with van der Waals surface area (Å²) in [6.07, 6.45) is -0.0361. The zero-order chi connectivity index (χ0) is 18.4. The maximum Gasteiger partial charge on any atom is 0.326 e. The predicted octanol–water partition coefficient (Wildman–Crippen LogP) is 2.13. The van der Waals surface area contributed by atoms with Crippen LogP contribution in [0.2, 0.25) is 0 Å². The lowest BCUT2D eigenvalue weighted by Crippen LogP contribution is -2.47. The molecule has 0 aliphatic carbocycles. The first-order chi connectivity index (χ1) is 11.7. The standard InChI is InChI=1S/C18H25NO5S/c1-17(2,3)24-15(21)13-8-18(16(22)23-4)7-12(20)9-19(18)14(13)11-5-6-25-10-11/h5-6,10,12-14,20H,7-9H2,1-4H3/t12-,13+,14+,18-/m1/s1. The van der Waals surface area contributed by atoms with E-state index in [9.17, 15) is 14.7 Å². The summed E-state index contributed by atoms with van der Waals surface area (Å²) in [5.41, 5.74) is -0.593. The van der Waals surface area contributed by atoms with Crippen LogP contribution in [0.15, 0.2) is 16.8 Å². The van der Waals surface area contributed by atoms with E-state index in [1.807, 2.05) is 42.5 Å². The van der Waals surface area contributed by atoms with E-state index in [1.165, 1.54) is 7.11 Å². The highest BCUT2D eigenvalue weighted by Crippen LogP contribution is 2.53. The van der Waals surface area contributed by atoms with Crippen molar-refractivity contribution in [3.63, 3.8) is 0 Å². The summed E-state index contributed by atoms with van der Waals surface area (Å²) in [5, 5.41) is 14.1. The van der Waals surface area contributed by atoms with Gasteiger partial charge in [0.1, 0.15) is 11.1 Å². The molecule has 3 rings (SSSR count). The molecule has 25 heavy (non-hydrogen) atoms. The number of nitrogens with zero attached hydrogens (tertiary/aromatic N) is 1. The van der Waals surface area contributed by atoms with Crippen LogP contribution in [-0.4, -0.2) is 52.8 Å². The minimum absolute atomic E-state index is 0.277. The highest BCUT2D eigenvalue weighted by Gasteiger charge is 2.63. The van der Waals surface area contributed by atoms with E-state index in [2.05, 4.69) is 0 Å². The van der Waals surface area contributed by atoms with Crippen LogP contribution in [0.25, 0.3) is 0 Å². The number of carbonyl (C=O) groups excluding carboxylic acids is 2. The molecule has 4 atom stereocenters. The summed E-state index contributed by atoms with van der Waals surface area (Å²) in [5.74, 6) is -1.17. The first-order valence-corrected chi connectivity index (χ1v) is 9.40. The Morgan fingerprint density at radius 3 is 2.64 bits per heavy atom. The number of fused-ring (bicyclic) bond motifs is 1. The summed E-state index contributed by atoms with van der Waals surface area (Å²) < 4.78 is 10.7. The monoisotopic (exact) mass is 367 g/mol. The van der Waals surface area contributed by atoms with Crippen molar-refractivity contribution in [3.05, 3.63) is 22.4 Å². The third-order valence-corrected chi connectivity index (χ3v) is 5.67. The second-order valence-electron chi connectivity index (χ2n) is 7.88. The highest BCUT2D eigenvalue weighted by molar-refractivity contribution is 7.08. The molecular weight excluding hydrogens is 342 g/mol. The van der Waals surface area contributed by atoms with Gasteiger partial charge in [-0.2, -0.15) is 11.3 Å². The molecule has 0 spiro atoms. The van der Waals surface area contributed by atoms with Crippen LogP contribution >= 0.6 is 11.3 Å². The average Bonchev–Trinajstić information content (AvgIpc) is 3.18. The molecule has 6 nitrogen and oxygen atoms in total. The van der Waals surface area contributed by atoms with Gasteiger partial charge < -0.3 is 14.6 Å². The van der Waals surface area contributed by atoms with E-state index in [0.717, 1.165) is 5.56 Å². The Labute approximate surface area is 151 Å². The second kappa shape index (κ2) is 6.37. The van der Waals surface area contributed by atoms with Gasteiger partial charge in [0.05, 0.1) is 25.2 Å². The van der Waals surface area contributed by atoms with Gasteiger partial charge in [0.15, 0.2) is 0 Å². The maximum absolute atomic E-state index is 12.9. The van der Waals surface area contributed by atoms with Gasteiger partial charge in [0.25, 0.3) is 0 Å². The molecule has 0 unspecified atom stereocenters. The molecule has 1 aromatic heterocycles. The number of hydrogen-bond donors (Lipinski definition) is 1. The fourth-order valence-electron chi connectivity index (χ4n) is 4.17. The Morgan fingerprint density at radius 2 is 2.08 bits per heavy atom. The Bertz CT molecular complexity index is 653. The normalized spacial score (nSPS) is 32.4. The Hall–Kier alpha value is -1.44. The molecule has 0 saturated carbocycles. The van der Waals surface area contributed by atoms with E-state index >= 15 is 0 Å². The first kappa shape index (κ1) is 18.4. The van der Waals surface area contributed by atoms with Crippen molar-refractivity contribution in [3.8, 4) is 0 Å². The lowest BCUT2D eigenvalue weighted by Gasteiger charge is -2.32. The smallest absolute Gasteiger partial charge is 0.326 e. The zero-order valence-electron chi connectivity index (χ0n) is 15.0. The topological polar surface area (TPSA) is 76.1 Å². The zero-order valence-corrected chi connectivity index (χ0v) is 15.8. The largest absolute Gasteiger partial charge is 0.468 e. The minimum atomic E-state index is -0.970. The first-order valence-electron chi connectivity index (χ1n) is 8.46. The number of thiophene rings is 1. The average molecular weight is 367 g/mol. The van der Waals surface area contributed by atoms with Gasteiger partial charge in [-0.25, -0.2) is 0 Å². The van der Waals surface area contributed by atoms with Gasteiger partial charge in [-0.15, -0.1) is 0 Å². The van der Waals surface area contributed by atoms with Crippen LogP contribution in [0.5, 0.6) is 0 Å². The molecule has 2 fully saturated rings. The van der Waals surface area contributed by atoms with Crippen LogP contribution in [0.3, 0.4) is 0 Å². The van der Waals surface area contributed by atoms with Gasteiger partial charge in [0, 0.05) is 13.0 Å². The number of esters is 2. The van der Waals surface area contributed by atoms with Crippen molar-refractivity contribution in [1.29, 1.82) is 0 Å². The van der Waals surface area contributed by atoms with Gasteiger partial charge >= 0.3 is 11.9 Å². The fourth-order valence-corrected chi connectivity index (χ4v) is 4.85. The second-order valence-corrected chi connectivity index (χ2v) is 8.66. The molecule has 1 aromatic rings. The number of aliphatic hydroxyl groups is 1. The van der Waals surface area contributed by atoms with Crippen molar-refractivity contribution in [2.24, 2.45) is 5.92 Å². The Morgan fingerprint density at radius 1 is 1.36 bits per heavy atom. The maximum atomic E-state index is 12.9. The molecule has 2 saturated heterocycles. The minimum Gasteiger partial charge on any atom is -0.468 e. The fraction of sp³-hybridized carbons (Fsp3) is 0.667. The molecule has 0 amide bonds. The molecule has 0 bridgehead atoms. The molecular formula is C18H25NO5S. The van der Waals surface area contributed by atoms with Gasteiger partial charge in [-0.05, 0) is 49.6 Å². The molecule has 3 heterocycles. The SMILES string of the molecule is COC(=O)[C@]12C[C@@H](O)CN1[C@@H](c1ccsc1)[C@@H](C(=O)OC(C)(C)C)C2. The van der Waals surface area contributed by atoms with E-state index < -0.39 is 29.1 Å². The molecule has 0 aromatic carbocycles. The number of β-amino-alcohol motifs (C(OH)–C–C–N with tert-alkyl or cyclic N) is 1. The number of methoxy groups -OCH3 is 1. The molecule has 2 aliphatic rings. The summed E-state index contributed by atoms with van der Waals surface area (Å²) >= 11 is 1.54. The van der Waals surface area contributed by atoms with E-state index in [1.54, 1.807) is 11.3 Å². The lowest BCUT2D eigenvalue weighted by molar-refractivity contribution is -0.161.